The Hall–Kier alpha value is -1.30. The van der Waals surface area contributed by atoms with Crippen LogP contribution in [0.2, 0.25) is 0 Å². The molecule has 0 atom stereocenters. The minimum atomic E-state index is 1.07. The fraction of sp³-hybridized carbons (Fsp3) is 0.167. The molecule has 0 aliphatic heterocycles. The second-order valence-electron chi connectivity index (χ2n) is 2.51. The molecule has 1 aliphatic rings. The maximum absolute atomic E-state index is 3.09. The minimum absolute atomic E-state index is 1.07. The van der Waals surface area contributed by atoms with Gasteiger partial charge in [0.2, 0.25) is 0 Å². The van der Waals surface area contributed by atoms with Crippen LogP contribution < -0.4 is 0 Å². The molecular formula is C12H13. The van der Waals surface area contributed by atoms with Gasteiger partial charge < -0.3 is 0 Å². The largest absolute Gasteiger partial charge is 0.0842 e. The van der Waals surface area contributed by atoms with Crippen LogP contribution in [0.4, 0.5) is 0 Å². The van der Waals surface area contributed by atoms with Crippen LogP contribution in [0.15, 0.2) is 54.7 Å². The Labute approximate surface area is 74.3 Å². The summed E-state index contributed by atoms with van der Waals surface area (Å²) in [5.41, 5.74) is 0. The number of hydrogen-bond acceptors (Lipinski definition) is 0. The summed E-state index contributed by atoms with van der Waals surface area (Å²) in [6, 6.07) is 0. The highest BCUT2D eigenvalue weighted by Gasteiger charge is 1.74. The second-order valence-corrected chi connectivity index (χ2v) is 2.51. The quantitative estimate of drug-likeness (QED) is 0.505. The lowest BCUT2D eigenvalue weighted by Crippen LogP contribution is -1.64. The highest BCUT2D eigenvalue weighted by atomic mass is 13.8. The molecule has 1 radical (unpaired) electrons. The van der Waals surface area contributed by atoms with E-state index in [0.29, 0.717) is 0 Å². The van der Waals surface area contributed by atoms with Gasteiger partial charge in [-0.1, -0.05) is 54.7 Å². The van der Waals surface area contributed by atoms with E-state index in [1.807, 2.05) is 36.5 Å². The van der Waals surface area contributed by atoms with Crippen LogP contribution in [-0.4, -0.2) is 0 Å². The van der Waals surface area contributed by atoms with Crippen molar-refractivity contribution in [1.82, 2.24) is 0 Å². The molecule has 0 bridgehead atoms. The van der Waals surface area contributed by atoms with Crippen LogP contribution in [0.1, 0.15) is 12.8 Å². The SMILES string of the molecule is [C]1=CCCC=CC=CC=CC=C1. The van der Waals surface area contributed by atoms with Crippen molar-refractivity contribution in [1.29, 1.82) is 0 Å². The van der Waals surface area contributed by atoms with Crippen molar-refractivity contribution in [3.8, 4) is 0 Å². The van der Waals surface area contributed by atoms with Gasteiger partial charge in [-0.15, -0.1) is 0 Å². The molecular weight excluding hydrogens is 144 g/mol. The van der Waals surface area contributed by atoms with Crippen molar-refractivity contribution in [3.63, 3.8) is 0 Å². The third-order valence-electron chi connectivity index (χ3n) is 1.48. The van der Waals surface area contributed by atoms with Crippen molar-refractivity contribution in [2.24, 2.45) is 0 Å². The van der Waals surface area contributed by atoms with Crippen LogP contribution in [0.25, 0.3) is 0 Å². The maximum Gasteiger partial charge on any atom is -0.0227 e. The summed E-state index contributed by atoms with van der Waals surface area (Å²) in [5, 5.41) is 0. The van der Waals surface area contributed by atoms with Gasteiger partial charge in [-0.2, -0.15) is 0 Å². The average Bonchev–Trinajstić information content (AvgIpc) is 2.05. The van der Waals surface area contributed by atoms with Crippen LogP contribution in [-0.2, 0) is 0 Å². The van der Waals surface area contributed by atoms with E-state index < -0.39 is 0 Å². The Morgan fingerprint density at radius 3 is 2.42 bits per heavy atom. The van der Waals surface area contributed by atoms with E-state index >= 15 is 0 Å². The molecule has 1 aliphatic carbocycles. The summed E-state index contributed by atoms with van der Waals surface area (Å²) >= 11 is 0. The topological polar surface area (TPSA) is 0 Å². The van der Waals surface area contributed by atoms with E-state index in [4.69, 9.17) is 0 Å². The standard InChI is InChI=1S/C12H13/c1-2-4-6-8-10-12-11-9-7-5-3-1/h1-8,12H,9,11H2. The van der Waals surface area contributed by atoms with Gasteiger partial charge in [0.15, 0.2) is 0 Å². The summed E-state index contributed by atoms with van der Waals surface area (Å²) in [4.78, 5) is 0. The summed E-state index contributed by atoms with van der Waals surface area (Å²) in [5.74, 6) is 0. The zero-order valence-corrected chi connectivity index (χ0v) is 7.11. The molecule has 0 amide bonds. The van der Waals surface area contributed by atoms with E-state index in [1.165, 1.54) is 0 Å². The molecule has 0 saturated heterocycles. The van der Waals surface area contributed by atoms with Crippen molar-refractivity contribution in [3.05, 3.63) is 60.8 Å². The summed E-state index contributed by atoms with van der Waals surface area (Å²) < 4.78 is 0. The van der Waals surface area contributed by atoms with Crippen molar-refractivity contribution in [2.45, 2.75) is 12.8 Å². The maximum atomic E-state index is 3.09. The van der Waals surface area contributed by atoms with Crippen LogP contribution in [0.3, 0.4) is 0 Å². The molecule has 0 unspecified atom stereocenters. The molecule has 0 nitrogen and oxygen atoms in total. The Balaban J connectivity index is 2.55. The predicted octanol–water partition coefficient (Wildman–Crippen LogP) is 3.36. The molecule has 61 valence electrons. The molecule has 0 aromatic rings. The van der Waals surface area contributed by atoms with Gasteiger partial charge >= 0.3 is 0 Å². The third kappa shape index (κ3) is 4.51. The van der Waals surface area contributed by atoms with Gasteiger partial charge in [0.25, 0.3) is 0 Å². The summed E-state index contributed by atoms with van der Waals surface area (Å²) in [6.45, 7) is 0. The molecule has 0 heteroatoms. The van der Waals surface area contributed by atoms with Gasteiger partial charge in [0.1, 0.15) is 0 Å². The Morgan fingerprint density at radius 2 is 1.50 bits per heavy atom. The van der Waals surface area contributed by atoms with Crippen molar-refractivity contribution >= 4 is 0 Å². The minimum Gasteiger partial charge on any atom is -0.0842 e. The molecule has 0 aromatic heterocycles. The lowest BCUT2D eigenvalue weighted by atomic mass is 10.2. The fourth-order valence-corrected chi connectivity index (χ4v) is 0.873. The third-order valence-corrected chi connectivity index (χ3v) is 1.48. The molecule has 0 saturated carbocycles. The first-order valence-corrected chi connectivity index (χ1v) is 4.23. The molecule has 0 fully saturated rings. The smallest absolute Gasteiger partial charge is 0.0227 e. The van der Waals surface area contributed by atoms with E-state index in [-0.39, 0.29) is 0 Å². The number of hydrogen-bond donors (Lipinski definition) is 0. The molecule has 0 heterocycles. The zero-order valence-electron chi connectivity index (χ0n) is 7.11. The lowest BCUT2D eigenvalue weighted by molar-refractivity contribution is 1.05. The van der Waals surface area contributed by atoms with E-state index in [1.54, 1.807) is 0 Å². The van der Waals surface area contributed by atoms with Gasteiger partial charge in [-0.25, -0.2) is 0 Å². The Kier molecular flexibility index (Phi) is 4.70. The molecule has 0 spiro atoms. The highest BCUT2D eigenvalue weighted by molar-refractivity contribution is 5.17. The van der Waals surface area contributed by atoms with Crippen LogP contribution in [0, 0.1) is 6.08 Å². The summed E-state index contributed by atoms with van der Waals surface area (Å²) in [6.07, 6.45) is 23.5. The zero-order chi connectivity index (χ0) is 8.49. The molecule has 1 rings (SSSR count). The van der Waals surface area contributed by atoms with Crippen LogP contribution in [0.5, 0.6) is 0 Å². The van der Waals surface area contributed by atoms with Gasteiger partial charge in [0.05, 0.1) is 0 Å². The van der Waals surface area contributed by atoms with Gasteiger partial charge in [-0.05, 0) is 18.9 Å². The first-order chi connectivity index (χ1) is 6.00. The molecule has 0 N–H and O–H groups in total. The van der Waals surface area contributed by atoms with Crippen molar-refractivity contribution in [2.75, 3.05) is 0 Å². The average molecular weight is 157 g/mol. The normalized spacial score (nSPS) is 17.3. The number of rotatable bonds is 0. The van der Waals surface area contributed by atoms with E-state index in [2.05, 4.69) is 24.3 Å². The second kappa shape index (κ2) is 6.41. The van der Waals surface area contributed by atoms with E-state index in [9.17, 15) is 0 Å². The molecule has 0 aromatic carbocycles. The van der Waals surface area contributed by atoms with Gasteiger partial charge in [0, 0.05) is 0 Å². The highest BCUT2D eigenvalue weighted by Crippen LogP contribution is 1.94. The van der Waals surface area contributed by atoms with Gasteiger partial charge in [-0.3, -0.25) is 0 Å². The summed E-state index contributed by atoms with van der Waals surface area (Å²) in [7, 11) is 0. The fourth-order valence-electron chi connectivity index (χ4n) is 0.873. The van der Waals surface area contributed by atoms with Crippen molar-refractivity contribution < 1.29 is 0 Å². The predicted molar refractivity (Wildman–Crippen MR) is 53.6 cm³/mol. The lowest BCUT2D eigenvalue weighted by Gasteiger charge is -1.84. The first-order valence-electron chi connectivity index (χ1n) is 4.23. The van der Waals surface area contributed by atoms with E-state index in [0.717, 1.165) is 12.8 Å². The monoisotopic (exact) mass is 157 g/mol. The molecule has 12 heavy (non-hydrogen) atoms. The van der Waals surface area contributed by atoms with Crippen LogP contribution >= 0.6 is 0 Å². The number of allylic oxidation sites excluding steroid dienone is 10. The Bertz CT molecular complexity index is 211. The first kappa shape index (κ1) is 8.79. The Morgan fingerprint density at radius 1 is 0.750 bits per heavy atom.